The number of hydrogen-bond donors (Lipinski definition) is 2. The number of ether oxygens (including phenoxy) is 1. The minimum Gasteiger partial charge on any atom is -0.497 e. The van der Waals surface area contributed by atoms with Crippen LogP contribution in [0.1, 0.15) is 5.56 Å². The molecular formula is C18H17N3O4S. The number of sulfonamides is 1. The molecule has 0 atom stereocenters. The number of methoxy groups -OCH3 is 1. The minimum atomic E-state index is -3.87. The van der Waals surface area contributed by atoms with Crippen molar-refractivity contribution in [3.8, 4) is 11.8 Å². The van der Waals surface area contributed by atoms with Gasteiger partial charge >= 0.3 is 0 Å². The van der Waals surface area contributed by atoms with E-state index in [2.05, 4.69) is 10.0 Å². The normalized spacial score (nSPS) is 11.3. The standard InChI is InChI=1S/C18H17N3O4S/c1-13-3-9-17(10-4-13)26(23,24)20-12-14(11-19)18(22)21-15-5-7-16(25-2)8-6-15/h3-10,12,20H,1-2H3,(H,21,22)/b14-12+. The molecule has 0 heterocycles. The molecule has 0 saturated carbocycles. The predicted molar refractivity (Wildman–Crippen MR) is 96.8 cm³/mol. The van der Waals surface area contributed by atoms with Gasteiger partial charge in [-0.05, 0) is 43.3 Å². The van der Waals surface area contributed by atoms with Crippen LogP contribution in [0.3, 0.4) is 0 Å². The molecule has 8 heteroatoms. The summed E-state index contributed by atoms with van der Waals surface area (Å²) in [5.41, 5.74) is 0.978. The third kappa shape index (κ3) is 4.84. The quantitative estimate of drug-likeness (QED) is 0.598. The lowest BCUT2D eigenvalue weighted by atomic mass is 10.2. The summed E-state index contributed by atoms with van der Waals surface area (Å²) >= 11 is 0. The number of rotatable bonds is 6. The summed E-state index contributed by atoms with van der Waals surface area (Å²) in [6, 6.07) is 14.3. The first-order chi connectivity index (χ1) is 12.4. The third-order valence-corrected chi connectivity index (χ3v) is 4.72. The van der Waals surface area contributed by atoms with E-state index in [9.17, 15) is 13.2 Å². The Balaban J connectivity index is 2.12. The second-order valence-electron chi connectivity index (χ2n) is 5.29. The second kappa shape index (κ2) is 8.18. The molecule has 0 unspecified atom stereocenters. The van der Waals surface area contributed by atoms with Crippen molar-refractivity contribution in [1.82, 2.24) is 4.72 Å². The van der Waals surface area contributed by atoms with Gasteiger partial charge in [0.1, 0.15) is 17.4 Å². The van der Waals surface area contributed by atoms with Gasteiger partial charge in [-0.2, -0.15) is 5.26 Å². The zero-order valence-electron chi connectivity index (χ0n) is 14.2. The molecule has 0 radical (unpaired) electrons. The van der Waals surface area contributed by atoms with Gasteiger partial charge in [0, 0.05) is 11.9 Å². The first-order valence-electron chi connectivity index (χ1n) is 7.50. The Kier molecular flexibility index (Phi) is 5.98. The Labute approximate surface area is 152 Å². The predicted octanol–water partition coefficient (Wildman–Crippen LogP) is 2.33. The van der Waals surface area contributed by atoms with E-state index in [1.165, 1.54) is 19.2 Å². The molecule has 0 aliphatic rings. The molecule has 2 N–H and O–H groups in total. The molecular weight excluding hydrogens is 354 g/mol. The average molecular weight is 371 g/mol. The van der Waals surface area contributed by atoms with Gasteiger partial charge in [0.25, 0.3) is 15.9 Å². The van der Waals surface area contributed by atoms with Crippen LogP contribution < -0.4 is 14.8 Å². The summed E-state index contributed by atoms with van der Waals surface area (Å²) in [5.74, 6) is -0.117. The number of amides is 1. The molecule has 2 aromatic carbocycles. The zero-order chi connectivity index (χ0) is 19.2. The molecule has 0 fully saturated rings. The van der Waals surface area contributed by atoms with Crippen LogP contribution in [0.25, 0.3) is 0 Å². The maximum Gasteiger partial charge on any atom is 0.267 e. The summed E-state index contributed by atoms with van der Waals surface area (Å²) in [6.45, 7) is 1.83. The fourth-order valence-electron chi connectivity index (χ4n) is 1.94. The number of aryl methyl sites for hydroxylation is 1. The van der Waals surface area contributed by atoms with Gasteiger partial charge in [-0.25, -0.2) is 8.42 Å². The van der Waals surface area contributed by atoms with Crippen molar-refractivity contribution < 1.29 is 17.9 Å². The van der Waals surface area contributed by atoms with E-state index in [0.29, 0.717) is 11.4 Å². The highest BCUT2D eigenvalue weighted by atomic mass is 32.2. The Morgan fingerprint density at radius 3 is 2.27 bits per heavy atom. The van der Waals surface area contributed by atoms with E-state index in [4.69, 9.17) is 10.00 Å². The highest BCUT2D eigenvalue weighted by Gasteiger charge is 2.15. The highest BCUT2D eigenvalue weighted by molar-refractivity contribution is 7.89. The van der Waals surface area contributed by atoms with Crippen LogP contribution in [0.5, 0.6) is 5.75 Å². The molecule has 0 saturated heterocycles. The maximum atomic E-state index is 12.2. The van der Waals surface area contributed by atoms with Gasteiger partial charge < -0.3 is 10.1 Å². The summed E-state index contributed by atoms with van der Waals surface area (Å²) in [5, 5.41) is 11.6. The van der Waals surface area contributed by atoms with Crippen LogP contribution in [0, 0.1) is 18.3 Å². The van der Waals surface area contributed by atoms with Crippen molar-refractivity contribution in [3.63, 3.8) is 0 Å². The van der Waals surface area contributed by atoms with Gasteiger partial charge in [0.05, 0.1) is 12.0 Å². The smallest absolute Gasteiger partial charge is 0.267 e. The van der Waals surface area contributed by atoms with Crippen LogP contribution in [-0.2, 0) is 14.8 Å². The number of benzene rings is 2. The number of anilines is 1. The summed E-state index contributed by atoms with van der Waals surface area (Å²) < 4.78 is 31.6. The fraction of sp³-hybridized carbons (Fsp3) is 0.111. The van der Waals surface area contributed by atoms with E-state index in [1.54, 1.807) is 42.5 Å². The van der Waals surface area contributed by atoms with E-state index < -0.39 is 15.9 Å². The Morgan fingerprint density at radius 1 is 1.12 bits per heavy atom. The van der Waals surface area contributed by atoms with E-state index in [-0.39, 0.29) is 10.5 Å². The Hall–Kier alpha value is -3.31. The first kappa shape index (κ1) is 19.0. The monoisotopic (exact) mass is 371 g/mol. The van der Waals surface area contributed by atoms with Crippen LogP contribution >= 0.6 is 0 Å². The van der Waals surface area contributed by atoms with Crippen molar-refractivity contribution in [1.29, 1.82) is 5.26 Å². The van der Waals surface area contributed by atoms with Gasteiger partial charge in [-0.3, -0.25) is 9.52 Å². The molecule has 0 aromatic heterocycles. The number of nitrogens with one attached hydrogen (secondary N) is 2. The molecule has 2 aromatic rings. The summed E-state index contributed by atoms with van der Waals surface area (Å²) in [7, 11) is -2.35. The van der Waals surface area contributed by atoms with Gasteiger partial charge in [0.2, 0.25) is 0 Å². The summed E-state index contributed by atoms with van der Waals surface area (Å²) in [4.78, 5) is 12.2. The van der Waals surface area contributed by atoms with Crippen LogP contribution in [0.15, 0.2) is 65.2 Å². The zero-order valence-corrected chi connectivity index (χ0v) is 15.0. The number of nitrogens with zero attached hydrogens (tertiary/aromatic N) is 1. The van der Waals surface area contributed by atoms with Gasteiger partial charge in [-0.1, -0.05) is 17.7 Å². The maximum absolute atomic E-state index is 12.2. The molecule has 134 valence electrons. The lowest BCUT2D eigenvalue weighted by Crippen LogP contribution is -2.21. The minimum absolute atomic E-state index is 0.0344. The molecule has 0 spiro atoms. The Bertz CT molecular complexity index is 957. The van der Waals surface area contributed by atoms with E-state index >= 15 is 0 Å². The molecule has 0 aliphatic carbocycles. The van der Waals surface area contributed by atoms with Crippen molar-refractivity contribution in [2.75, 3.05) is 12.4 Å². The van der Waals surface area contributed by atoms with Crippen molar-refractivity contribution >= 4 is 21.6 Å². The van der Waals surface area contributed by atoms with Crippen LogP contribution in [0.4, 0.5) is 5.69 Å². The SMILES string of the molecule is COc1ccc(NC(=O)/C(C#N)=C/NS(=O)(=O)c2ccc(C)cc2)cc1. The molecule has 1 amide bonds. The van der Waals surface area contributed by atoms with E-state index in [0.717, 1.165) is 11.8 Å². The molecule has 2 rings (SSSR count). The van der Waals surface area contributed by atoms with Crippen molar-refractivity contribution in [2.24, 2.45) is 0 Å². The van der Waals surface area contributed by atoms with E-state index in [1.807, 2.05) is 6.92 Å². The van der Waals surface area contributed by atoms with Crippen molar-refractivity contribution in [3.05, 3.63) is 65.9 Å². The topological polar surface area (TPSA) is 108 Å². The van der Waals surface area contributed by atoms with Gasteiger partial charge in [-0.15, -0.1) is 0 Å². The number of nitriles is 1. The fourth-order valence-corrected chi connectivity index (χ4v) is 2.85. The summed E-state index contributed by atoms with van der Waals surface area (Å²) in [6.07, 6.45) is 0.869. The average Bonchev–Trinajstić information content (AvgIpc) is 2.63. The van der Waals surface area contributed by atoms with Crippen LogP contribution in [0.2, 0.25) is 0 Å². The first-order valence-corrected chi connectivity index (χ1v) is 8.98. The lowest BCUT2D eigenvalue weighted by molar-refractivity contribution is -0.112. The lowest BCUT2D eigenvalue weighted by Gasteiger charge is -2.07. The van der Waals surface area contributed by atoms with Crippen molar-refractivity contribution in [2.45, 2.75) is 11.8 Å². The second-order valence-corrected chi connectivity index (χ2v) is 7.00. The molecule has 7 nitrogen and oxygen atoms in total. The number of carbonyl (C=O) groups excluding carboxylic acids is 1. The molecule has 0 aliphatic heterocycles. The number of carbonyl (C=O) groups is 1. The third-order valence-electron chi connectivity index (χ3n) is 3.40. The van der Waals surface area contributed by atoms with Gasteiger partial charge in [0.15, 0.2) is 0 Å². The Morgan fingerprint density at radius 2 is 1.73 bits per heavy atom. The van der Waals surface area contributed by atoms with Crippen LogP contribution in [-0.4, -0.2) is 21.4 Å². The molecule has 26 heavy (non-hydrogen) atoms. The number of hydrogen-bond acceptors (Lipinski definition) is 5. The largest absolute Gasteiger partial charge is 0.497 e. The molecule has 0 bridgehead atoms. The highest BCUT2D eigenvalue weighted by Crippen LogP contribution is 2.16.